The van der Waals surface area contributed by atoms with E-state index < -0.39 is 0 Å². The Bertz CT molecular complexity index is 894. The van der Waals surface area contributed by atoms with Crippen LogP contribution in [0.15, 0.2) is 53.5 Å². The third-order valence-electron chi connectivity index (χ3n) is 5.19. The quantitative estimate of drug-likeness (QED) is 0.817. The third-order valence-corrected chi connectivity index (χ3v) is 5.19. The summed E-state index contributed by atoms with van der Waals surface area (Å²) in [6, 6.07) is 12.7. The molecule has 1 saturated heterocycles. The van der Waals surface area contributed by atoms with Gasteiger partial charge in [0.25, 0.3) is 5.91 Å². The van der Waals surface area contributed by atoms with E-state index in [1.54, 1.807) is 31.3 Å². The smallest absolute Gasteiger partial charge is 0.255 e. The highest BCUT2D eigenvalue weighted by molar-refractivity contribution is 5.94. The molecule has 1 fully saturated rings. The van der Waals surface area contributed by atoms with Crippen molar-refractivity contribution in [1.29, 1.82) is 0 Å². The fourth-order valence-corrected chi connectivity index (χ4v) is 3.51. The molecular formula is C21H26N4O3. The summed E-state index contributed by atoms with van der Waals surface area (Å²) in [6.45, 7) is 2.26. The lowest BCUT2D eigenvalue weighted by molar-refractivity contribution is -0.127. The fraction of sp³-hybridized carbons (Fsp3) is 0.381. The van der Waals surface area contributed by atoms with Crippen LogP contribution in [0, 0.1) is 0 Å². The van der Waals surface area contributed by atoms with Crippen LogP contribution in [0.25, 0.3) is 0 Å². The molecule has 0 radical (unpaired) electrons. The minimum Gasteiger partial charge on any atom is -0.358 e. The maximum Gasteiger partial charge on any atom is 0.255 e. The second-order valence-corrected chi connectivity index (χ2v) is 7.02. The number of amides is 2. The summed E-state index contributed by atoms with van der Waals surface area (Å²) < 4.78 is 1.39. The van der Waals surface area contributed by atoms with Crippen LogP contribution in [0.5, 0.6) is 0 Å². The average Bonchev–Trinajstić information content (AvgIpc) is 2.73. The van der Waals surface area contributed by atoms with Gasteiger partial charge in [-0.05, 0) is 18.1 Å². The van der Waals surface area contributed by atoms with Crippen molar-refractivity contribution in [1.82, 2.24) is 19.7 Å². The number of benzene rings is 1. The summed E-state index contributed by atoms with van der Waals surface area (Å²) in [5.41, 5.74) is 1.52. The zero-order valence-electron chi connectivity index (χ0n) is 16.3. The number of hydrogen-bond donors (Lipinski definition) is 1. The van der Waals surface area contributed by atoms with E-state index in [0.717, 1.165) is 13.0 Å². The van der Waals surface area contributed by atoms with E-state index in [1.165, 1.54) is 16.2 Å². The number of nitrogens with one attached hydrogen (secondary N) is 1. The Balaban J connectivity index is 1.70. The molecule has 0 unspecified atom stereocenters. The van der Waals surface area contributed by atoms with Crippen LogP contribution in [0.2, 0.25) is 0 Å². The van der Waals surface area contributed by atoms with Gasteiger partial charge in [-0.25, -0.2) is 0 Å². The summed E-state index contributed by atoms with van der Waals surface area (Å²) in [7, 11) is 3.24. The topological polar surface area (TPSA) is 74.6 Å². The predicted molar refractivity (Wildman–Crippen MR) is 107 cm³/mol. The molecule has 7 nitrogen and oxygen atoms in total. The SMILES string of the molecule is CNC(=O)[C@H]1CN(C(=O)c2ccc(=O)n(C)c2)CCN1CCc1ccccc1. The van der Waals surface area contributed by atoms with E-state index in [2.05, 4.69) is 22.3 Å². The van der Waals surface area contributed by atoms with Crippen molar-refractivity contribution < 1.29 is 9.59 Å². The lowest BCUT2D eigenvalue weighted by atomic mass is 10.1. The highest BCUT2D eigenvalue weighted by atomic mass is 16.2. The lowest BCUT2D eigenvalue weighted by Gasteiger charge is -2.40. The lowest BCUT2D eigenvalue weighted by Crippen LogP contribution is -2.60. The van der Waals surface area contributed by atoms with Crippen molar-refractivity contribution in [3.63, 3.8) is 0 Å². The molecule has 0 saturated carbocycles. The Kier molecular flexibility index (Phi) is 6.26. The Hall–Kier alpha value is -2.93. The number of carbonyl (C=O) groups excluding carboxylic acids is 2. The molecule has 0 bridgehead atoms. The van der Waals surface area contributed by atoms with Crippen LogP contribution >= 0.6 is 0 Å². The van der Waals surface area contributed by atoms with Crippen LogP contribution in [-0.4, -0.2) is 65.4 Å². The summed E-state index contributed by atoms with van der Waals surface area (Å²) in [5.74, 6) is -0.252. The number of likely N-dealkylation sites (N-methyl/N-ethyl adjacent to an activating group) is 1. The summed E-state index contributed by atoms with van der Waals surface area (Å²) in [6.07, 6.45) is 2.39. The van der Waals surface area contributed by atoms with E-state index in [1.807, 2.05) is 18.2 Å². The zero-order chi connectivity index (χ0) is 20.1. The predicted octanol–water partition coefficient (Wildman–Crippen LogP) is 0.500. The number of piperazine rings is 1. The zero-order valence-corrected chi connectivity index (χ0v) is 16.3. The van der Waals surface area contributed by atoms with Gasteiger partial charge in [-0.1, -0.05) is 30.3 Å². The second-order valence-electron chi connectivity index (χ2n) is 7.02. The molecule has 7 heteroatoms. The van der Waals surface area contributed by atoms with Crippen molar-refractivity contribution in [3.8, 4) is 0 Å². The highest BCUT2D eigenvalue weighted by Gasteiger charge is 2.34. The molecule has 1 aliphatic heterocycles. The molecule has 2 aromatic rings. The minimum absolute atomic E-state index is 0.0916. The molecule has 0 aliphatic carbocycles. The van der Waals surface area contributed by atoms with Crippen molar-refractivity contribution in [2.24, 2.45) is 7.05 Å². The first-order chi connectivity index (χ1) is 13.5. The van der Waals surface area contributed by atoms with Gasteiger partial charge in [-0.3, -0.25) is 19.3 Å². The molecule has 2 heterocycles. The molecule has 1 aromatic heterocycles. The van der Waals surface area contributed by atoms with Crippen molar-refractivity contribution in [3.05, 3.63) is 70.1 Å². The van der Waals surface area contributed by atoms with E-state index in [9.17, 15) is 14.4 Å². The van der Waals surface area contributed by atoms with Crippen LogP contribution in [0.1, 0.15) is 15.9 Å². The monoisotopic (exact) mass is 382 g/mol. The van der Waals surface area contributed by atoms with Crippen molar-refractivity contribution in [2.75, 3.05) is 33.2 Å². The Morgan fingerprint density at radius 3 is 2.54 bits per heavy atom. The number of carbonyl (C=O) groups is 2. The van der Waals surface area contributed by atoms with Gasteiger partial charge in [0.15, 0.2) is 0 Å². The maximum atomic E-state index is 12.9. The highest BCUT2D eigenvalue weighted by Crippen LogP contribution is 2.14. The van der Waals surface area contributed by atoms with Crippen molar-refractivity contribution >= 4 is 11.8 Å². The average molecular weight is 382 g/mol. The number of aryl methyl sites for hydroxylation is 1. The van der Waals surface area contributed by atoms with Gasteiger partial charge >= 0.3 is 0 Å². The van der Waals surface area contributed by atoms with Crippen molar-refractivity contribution in [2.45, 2.75) is 12.5 Å². The van der Waals surface area contributed by atoms with E-state index in [4.69, 9.17) is 0 Å². The standard InChI is InChI=1S/C21H26N4O3/c1-22-20(27)18-15-25(21(28)17-8-9-19(26)23(2)14-17)13-12-24(18)11-10-16-6-4-3-5-7-16/h3-9,14,18H,10-13,15H2,1-2H3,(H,22,27)/t18-/m1/s1. The Morgan fingerprint density at radius 1 is 1.11 bits per heavy atom. The first kappa shape index (κ1) is 19.8. The molecule has 2 amide bonds. The van der Waals surface area contributed by atoms with Crippen LogP contribution in [0.3, 0.4) is 0 Å². The number of rotatable bonds is 5. The number of aromatic nitrogens is 1. The fourth-order valence-electron chi connectivity index (χ4n) is 3.51. The van der Waals surface area contributed by atoms with E-state index in [-0.39, 0.29) is 23.4 Å². The molecular weight excluding hydrogens is 356 g/mol. The molecule has 28 heavy (non-hydrogen) atoms. The number of hydrogen-bond acceptors (Lipinski definition) is 4. The van der Waals surface area contributed by atoms with Gasteiger partial charge in [0, 0.05) is 52.5 Å². The van der Waals surface area contributed by atoms with Crippen LogP contribution in [-0.2, 0) is 18.3 Å². The first-order valence-corrected chi connectivity index (χ1v) is 9.45. The molecule has 0 spiro atoms. The summed E-state index contributed by atoms with van der Waals surface area (Å²) >= 11 is 0. The van der Waals surface area contributed by atoms with Gasteiger partial charge in [-0.2, -0.15) is 0 Å². The van der Waals surface area contributed by atoms with Crippen LogP contribution < -0.4 is 10.9 Å². The third kappa shape index (κ3) is 4.48. The second kappa shape index (κ2) is 8.84. The van der Waals surface area contributed by atoms with Gasteiger partial charge < -0.3 is 14.8 Å². The first-order valence-electron chi connectivity index (χ1n) is 9.45. The Labute approximate surface area is 164 Å². The summed E-state index contributed by atoms with van der Waals surface area (Å²) in [5, 5.41) is 2.71. The number of pyridine rings is 1. The molecule has 3 rings (SSSR count). The molecule has 1 aliphatic rings. The van der Waals surface area contributed by atoms with E-state index in [0.29, 0.717) is 25.2 Å². The van der Waals surface area contributed by atoms with Crippen LogP contribution in [0.4, 0.5) is 0 Å². The molecule has 1 aromatic carbocycles. The number of nitrogens with zero attached hydrogens (tertiary/aromatic N) is 3. The van der Waals surface area contributed by atoms with Gasteiger partial charge in [-0.15, -0.1) is 0 Å². The molecule has 1 N–H and O–H groups in total. The minimum atomic E-state index is -0.390. The maximum absolute atomic E-state index is 12.9. The molecule has 148 valence electrons. The largest absolute Gasteiger partial charge is 0.358 e. The van der Waals surface area contributed by atoms with Gasteiger partial charge in [0.1, 0.15) is 6.04 Å². The van der Waals surface area contributed by atoms with E-state index >= 15 is 0 Å². The summed E-state index contributed by atoms with van der Waals surface area (Å²) in [4.78, 5) is 40.7. The molecule has 1 atom stereocenters. The Morgan fingerprint density at radius 2 is 1.86 bits per heavy atom. The van der Waals surface area contributed by atoms with Gasteiger partial charge in [0.05, 0.1) is 5.56 Å². The van der Waals surface area contributed by atoms with Gasteiger partial charge in [0.2, 0.25) is 11.5 Å². The normalized spacial score (nSPS) is 17.4.